The van der Waals surface area contributed by atoms with Crippen LogP contribution in [-0.2, 0) is 5.60 Å². The number of hydrogen-bond acceptors (Lipinski definition) is 3. The van der Waals surface area contributed by atoms with Crippen molar-refractivity contribution >= 4 is 0 Å². The Bertz CT molecular complexity index is 421. The Balaban J connectivity index is 2.16. The Hall–Kier alpha value is -1.09. The summed E-state index contributed by atoms with van der Waals surface area (Å²) in [6, 6.07) is 1.95. The van der Waals surface area contributed by atoms with Crippen LogP contribution in [0.1, 0.15) is 52.0 Å². The lowest BCUT2D eigenvalue weighted by Crippen LogP contribution is -2.35. The number of aromatic nitrogens is 1. The molecule has 0 bridgehead atoms. The minimum atomic E-state index is -0.732. The molecule has 3 heteroatoms. The first-order valence-corrected chi connectivity index (χ1v) is 7.36. The van der Waals surface area contributed by atoms with Crippen LogP contribution >= 0.6 is 0 Å². The Labute approximate surface area is 116 Å². The van der Waals surface area contributed by atoms with Gasteiger partial charge in [0.05, 0.1) is 18.4 Å². The van der Waals surface area contributed by atoms with Crippen LogP contribution in [0.15, 0.2) is 18.5 Å². The molecule has 19 heavy (non-hydrogen) atoms. The largest absolute Gasteiger partial charge is 0.492 e. The molecular weight excluding hydrogens is 238 g/mol. The normalized spacial score (nSPS) is 31.2. The van der Waals surface area contributed by atoms with Gasteiger partial charge in [0, 0.05) is 11.8 Å². The lowest BCUT2D eigenvalue weighted by atomic mass is 9.71. The smallest absolute Gasteiger partial charge is 0.137 e. The molecule has 1 N–H and O–H groups in total. The molecule has 0 radical (unpaired) electrons. The van der Waals surface area contributed by atoms with Crippen LogP contribution in [0, 0.1) is 11.8 Å². The Kier molecular flexibility index (Phi) is 4.46. The number of aliphatic hydroxyl groups is 1. The van der Waals surface area contributed by atoms with E-state index in [2.05, 4.69) is 25.8 Å². The van der Waals surface area contributed by atoms with Crippen molar-refractivity contribution in [2.45, 2.75) is 52.1 Å². The average Bonchev–Trinajstić information content (AvgIpc) is 2.41. The first kappa shape index (κ1) is 14.3. The lowest BCUT2D eigenvalue weighted by Gasteiger charge is -2.39. The van der Waals surface area contributed by atoms with Gasteiger partial charge in [-0.15, -0.1) is 0 Å². The van der Waals surface area contributed by atoms with E-state index in [0.29, 0.717) is 18.4 Å². The van der Waals surface area contributed by atoms with E-state index in [1.807, 2.05) is 6.07 Å². The van der Waals surface area contributed by atoms with Gasteiger partial charge in [-0.3, -0.25) is 4.98 Å². The molecular formula is C16H25NO2. The number of rotatable bonds is 4. The molecule has 1 aromatic rings. The van der Waals surface area contributed by atoms with Crippen LogP contribution in [0.25, 0.3) is 0 Å². The molecule has 2 rings (SSSR count). The number of hydrogen-bond donors (Lipinski definition) is 1. The number of ether oxygens (including phenoxy) is 1. The van der Waals surface area contributed by atoms with Crippen LogP contribution in [0.4, 0.5) is 0 Å². The third-order valence-corrected chi connectivity index (χ3v) is 4.37. The highest BCUT2D eigenvalue weighted by Crippen LogP contribution is 2.42. The van der Waals surface area contributed by atoms with E-state index < -0.39 is 5.60 Å². The molecule has 3 unspecified atom stereocenters. The zero-order valence-corrected chi connectivity index (χ0v) is 12.2. The van der Waals surface area contributed by atoms with Gasteiger partial charge in [0.2, 0.25) is 0 Å². The summed E-state index contributed by atoms with van der Waals surface area (Å²) < 4.78 is 5.61. The molecule has 3 nitrogen and oxygen atoms in total. The summed E-state index contributed by atoms with van der Waals surface area (Å²) >= 11 is 0. The van der Waals surface area contributed by atoms with Gasteiger partial charge in [0.25, 0.3) is 0 Å². The molecule has 1 aliphatic carbocycles. The summed E-state index contributed by atoms with van der Waals surface area (Å²) in [5.74, 6) is 1.99. The molecule has 1 aliphatic rings. The maximum atomic E-state index is 10.9. The molecule has 3 atom stereocenters. The highest BCUT2D eigenvalue weighted by molar-refractivity contribution is 5.28. The van der Waals surface area contributed by atoms with Crippen molar-refractivity contribution in [1.82, 2.24) is 4.98 Å². The van der Waals surface area contributed by atoms with Gasteiger partial charge in [-0.1, -0.05) is 20.8 Å². The van der Waals surface area contributed by atoms with Gasteiger partial charge in [0.15, 0.2) is 0 Å². The van der Waals surface area contributed by atoms with Crippen LogP contribution < -0.4 is 4.74 Å². The quantitative estimate of drug-likeness (QED) is 0.904. The average molecular weight is 263 g/mol. The van der Waals surface area contributed by atoms with Crippen LogP contribution in [0.3, 0.4) is 0 Å². The van der Waals surface area contributed by atoms with Crippen molar-refractivity contribution in [3.63, 3.8) is 0 Å². The first-order valence-electron chi connectivity index (χ1n) is 7.36. The second-order valence-electron chi connectivity index (χ2n) is 5.99. The van der Waals surface area contributed by atoms with E-state index in [0.717, 1.165) is 37.0 Å². The van der Waals surface area contributed by atoms with Gasteiger partial charge < -0.3 is 9.84 Å². The minimum Gasteiger partial charge on any atom is -0.492 e. The molecule has 0 aromatic carbocycles. The zero-order valence-electron chi connectivity index (χ0n) is 12.2. The van der Waals surface area contributed by atoms with E-state index in [9.17, 15) is 5.11 Å². The Morgan fingerprint density at radius 3 is 2.84 bits per heavy atom. The fourth-order valence-corrected chi connectivity index (χ4v) is 2.82. The van der Waals surface area contributed by atoms with E-state index in [-0.39, 0.29) is 0 Å². The summed E-state index contributed by atoms with van der Waals surface area (Å²) in [4.78, 5) is 4.22. The van der Waals surface area contributed by atoms with Gasteiger partial charge in [-0.05, 0) is 43.6 Å². The molecule has 1 fully saturated rings. The molecule has 106 valence electrons. The lowest BCUT2D eigenvalue weighted by molar-refractivity contribution is -0.0340. The fourth-order valence-electron chi connectivity index (χ4n) is 2.82. The second-order valence-corrected chi connectivity index (χ2v) is 5.99. The van der Waals surface area contributed by atoms with Crippen LogP contribution in [0.5, 0.6) is 5.75 Å². The highest BCUT2D eigenvalue weighted by Gasteiger charge is 2.37. The standard InChI is InChI=1S/C16H25NO2/c1-4-7-19-15-8-14(10-17-11-15)16(18)6-5-12(2)13(3)9-16/h8,10-13,18H,4-7,9H2,1-3H3. The topological polar surface area (TPSA) is 42.4 Å². The summed E-state index contributed by atoms with van der Waals surface area (Å²) in [5, 5.41) is 10.9. The van der Waals surface area contributed by atoms with Gasteiger partial charge in [-0.2, -0.15) is 0 Å². The molecule has 1 saturated carbocycles. The van der Waals surface area contributed by atoms with Gasteiger partial charge in [0.1, 0.15) is 5.75 Å². The maximum Gasteiger partial charge on any atom is 0.137 e. The highest BCUT2D eigenvalue weighted by atomic mass is 16.5. The molecule has 0 aliphatic heterocycles. The molecule has 0 saturated heterocycles. The van der Waals surface area contributed by atoms with Crippen LogP contribution in [-0.4, -0.2) is 16.7 Å². The van der Waals surface area contributed by atoms with Crippen molar-refractivity contribution < 1.29 is 9.84 Å². The predicted octanol–water partition coefficient (Wildman–Crippen LogP) is 3.51. The van der Waals surface area contributed by atoms with E-state index in [1.54, 1.807) is 12.4 Å². The third-order valence-electron chi connectivity index (χ3n) is 4.37. The Morgan fingerprint density at radius 2 is 2.16 bits per heavy atom. The van der Waals surface area contributed by atoms with Crippen molar-refractivity contribution in [3.05, 3.63) is 24.0 Å². The van der Waals surface area contributed by atoms with Gasteiger partial charge >= 0.3 is 0 Å². The number of pyridine rings is 1. The number of nitrogens with zero attached hydrogens (tertiary/aromatic N) is 1. The van der Waals surface area contributed by atoms with Crippen molar-refractivity contribution in [2.24, 2.45) is 11.8 Å². The SMILES string of the molecule is CCCOc1cncc(C2(O)CCC(C)C(C)C2)c1. The van der Waals surface area contributed by atoms with E-state index >= 15 is 0 Å². The molecule has 1 heterocycles. The molecule has 0 spiro atoms. The van der Waals surface area contributed by atoms with Crippen LogP contribution in [0.2, 0.25) is 0 Å². The van der Waals surface area contributed by atoms with E-state index in [1.165, 1.54) is 0 Å². The van der Waals surface area contributed by atoms with Crippen molar-refractivity contribution in [2.75, 3.05) is 6.61 Å². The molecule has 1 aromatic heterocycles. The monoisotopic (exact) mass is 263 g/mol. The minimum absolute atomic E-state index is 0.541. The third kappa shape index (κ3) is 3.27. The predicted molar refractivity (Wildman–Crippen MR) is 76.1 cm³/mol. The second kappa shape index (κ2) is 5.91. The van der Waals surface area contributed by atoms with Crippen molar-refractivity contribution in [3.8, 4) is 5.75 Å². The maximum absolute atomic E-state index is 10.9. The fraction of sp³-hybridized carbons (Fsp3) is 0.688. The Morgan fingerprint density at radius 1 is 1.37 bits per heavy atom. The summed E-state index contributed by atoms with van der Waals surface area (Å²) in [7, 11) is 0. The summed E-state index contributed by atoms with van der Waals surface area (Å²) in [5.41, 5.74) is 0.171. The molecule has 0 amide bonds. The van der Waals surface area contributed by atoms with Crippen molar-refractivity contribution in [1.29, 1.82) is 0 Å². The summed E-state index contributed by atoms with van der Waals surface area (Å²) in [6.07, 6.45) is 7.17. The van der Waals surface area contributed by atoms with Gasteiger partial charge in [-0.25, -0.2) is 0 Å². The zero-order chi connectivity index (χ0) is 13.9. The summed E-state index contributed by atoms with van der Waals surface area (Å²) in [6.45, 7) is 7.26. The first-order chi connectivity index (χ1) is 9.05. The van der Waals surface area contributed by atoms with E-state index in [4.69, 9.17) is 4.74 Å².